The Morgan fingerprint density at radius 3 is 1.45 bits per heavy atom. The van der Waals surface area contributed by atoms with E-state index in [1.807, 2.05) is 0 Å². The van der Waals surface area contributed by atoms with Crippen molar-refractivity contribution in [3.63, 3.8) is 0 Å². The molecule has 0 aromatic carbocycles. The maximum Gasteiger partial charge on any atom is 0.264 e. The molecular weight excluding hydrogens is 484 g/mol. The highest BCUT2D eigenvalue weighted by atomic mass is 32.2. The monoisotopic (exact) mass is 506 g/mol. The van der Waals surface area contributed by atoms with Gasteiger partial charge in [0.15, 0.2) is 12.4 Å². The molecule has 29 heavy (non-hydrogen) atoms. The first-order valence-corrected chi connectivity index (χ1v) is 14.8. The molecule has 0 radical (unpaired) electrons. The smallest absolute Gasteiger partial charge is 0.264 e. The largest absolute Gasteiger partial charge is 0.353 e. The summed E-state index contributed by atoms with van der Waals surface area (Å²) in [5.74, 6) is 0. The molecule has 0 aromatic heterocycles. The van der Waals surface area contributed by atoms with Crippen molar-refractivity contribution in [1.82, 2.24) is 0 Å². The molecule has 0 bridgehead atoms. The third kappa shape index (κ3) is 9.94. The fourth-order valence-corrected chi connectivity index (χ4v) is 4.57. The van der Waals surface area contributed by atoms with Crippen LogP contribution in [0.25, 0.3) is 0 Å². The number of ether oxygens (including phenoxy) is 2. The molecule has 1 aliphatic heterocycles. The quantitative estimate of drug-likeness (QED) is 0.279. The van der Waals surface area contributed by atoms with Crippen molar-refractivity contribution in [2.24, 2.45) is 0 Å². The minimum Gasteiger partial charge on any atom is -0.353 e. The zero-order valence-corrected chi connectivity index (χ0v) is 19.2. The van der Waals surface area contributed by atoms with Crippen LogP contribution in [0.15, 0.2) is 0 Å². The van der Waals surface area contributed by atoms with E-state index in [-0.39, 0.29) is 0 Å². The van der Waals surface area contributed by atoms with Gasteiger partial charge < -0.3 is 9.47 Å². The van der Waals surface area contributed by atoms with E-state index in [2.05, 4.69) is 4.18 Å². The van der Waals surface area contributed by atoms with E-state index in [1.165, 1.54) is 0 Å². The normalized spacial score (nSPS) is 29.6. The highest BCUT2D eigenvalue weighted by Crippen LogP contribution is 2.31. The van der Waals surface area contributed by atoms with Gasteiger partial charge in [-0.05, 0) is 0 Å². The summed E-state index contributed by atoms with van der Waals surface area (Å²) in [6.07, 6.45) is -6.25. The van der Waals surface area contributed by atoms with E-state index in [9.17, 15) is 33.7 Å². The van der Waals surface area contributed by atoms with Crippen molar-refractivity contribution >= 4 is 40.5 Å². The third-order valence-electron chi connectivity index (χ3n) is 3.13. The van der Waals surface area contributed by atoms with Crippen LogP contribution >= 0.6 is 0 Å². The predicted octanol–water partition coefficient (Wildman–Crippen LogP) is -2.63. The lowest BCUT2D eigenvalue weighted by atomic mass is 9.99. The summed E-state index contributed by atoms with van der Waals surface area (Å²) in [5.41, 5.74) is 0. The molecular formula is C11H22O14S4. The third-order valence-corrected chi connectivity index (χ3v) is 5.41. The molecule has 18 heteroatoms. The summed E-state index contributed by atoms with van der Waals surface area (Å²) < 4.78 is 122. The van der Waals surface area contributed by atoms with Crippen molar-refractivity contribution in [3.05, 3.63) is 0 Å². The number of hydrogen-bond acceptors (Lipinski definition) is 14. The summed E-state index contributed by atoms with van der Waals surface area (Å²) in [6, 6.07) is 0. The molecule has 1 heterocycles. The lowest BCUT2D eigenvalue weighted by molar-refractivity contribution is -0.276. The second kappa shape index (κ2) is 9.37. The Morgan fingerprint density at radius 2 is 1.07 bits per heavy atom. The molecule has 1 rings (SSSR count). The topological polar surface area (TPSA) is 192 Å². The summed E-state index contributed by atoms with van der Waals surface area (Å²) in [6.45, 7) is -0.825. The average molecular weight is 507 g/mol. The van der Waals surface area contributed by atoms with E-state index in [0.29, 0.717) is 25.0 Å². The zero-order chi connectivity index (χ0) is 22.8. The van der Waals surface area contributed by atoms with Crippen LogP contribution in [-0.4, -0.2) is 103 Å². The molecule has 1 saturated heterocycles. The van der Waals surface area contributed by atoms with Gasteiger partial charge in [0.1, 0.15) is 18.3 Å². The van der Waals surface area contributed by atoms with Gasteiger partial charge in [-0.15, -0.1) is 0 Å². The summed E-state index contributed by atoms with van der Waals surface area (Å²) in [7, 11) is -15.8. The summed E-state index contributed by atoms with van der Waals surface area (Å²) >= 11 is 0. The Labute approximate surface area is 169 Å². The maximum absolute atomic E-state index is 11.7. The van der Waals surface area contributed by atoms with Gasteiger partial charge in [0.25, 0.3) is 40.5 Å². The van der Waals surface area contributed by atoms with Crippen LogP contribution in [0.3, 0.4) is 0 Å². The Kier molecular flexibility index (Phi) is 8.59. The van der Waals surface area contributed by atoms with Gasteiger partial charge >= 0.3 is 0 Å². The van der Waals surface area contributed by atoms with E-state index in [1.54, 1.807) is 0 Å². The van der Waals surface area contributed by atoms with Crippen LogP contribution in [0.2, 0.25) is 0 Å². The van der Waals surface area contributed by atoms with E-state index in [0.717, 1.165) is 7.11 Å². The Hall–Kier alpha value is -0.440. The number of hydrogen-bond donors (Lipinski definition) is 0. The molecule has 1 aliphatic rings. The SMILES string of the molecule is COC1OC(COS(C)(=O)=O)[C@@H](OS(C)(=O)=O)[C@H](OS(C)(=O)=O)[C@H]1OS(C)(=O)=O. The number of methoxy groups -OCH3 is 1. The van der Waals surface area contributed by atoms with Gasteiger partial charge in [0.2, 0.25) is 0 Å². The van der Waals surface area contributed by atoms with Crippen molar-refractivity contribution in [3.8, 4) is 0 Å². The fraction of sp³-hybridized carbons (Fsp3) is 1.00. The van der Waals surface area contributed by atoms with Crippen LogP contribution < -0.4 is 0 Å². The maximum atomic E-state index is 11.7. The molecule has 174 valence electrons. The van der Waals surface area contributed by atoms with Gasteiger partial charge in [-0.3, -0.25) is 16.7 Å². The Balaban J connectivity index is 3.49. The molecule has 0 aliphatic carbocycles. The minimum absolute atomic E-state index is 0.612. The summed E-state index contributed by atoms with van der Waals surface area (Å²) in [4.78, 5) is 0. The van der Waals surface area contributed by atoms with E-state index >= 15 is 0 Å². The van der Waals surface area contributed by atoms with Crippen molar-refractivity contribution < 1.29 is 59.9 Å². The molecule has 0 N–H and O–H groups in total. The second-order valence-corrected chi connectivity index (χ2v) is 12.5. The molecule has 1 fully saturated rings. The lowest BCUT2D eigenvalue weighted by Crippen LogP contribution is -2.62. The van der Waals surface area contributed by atoms with Gasteiger partial charge in [-0.25, -0.2) is 0 Å². The van der Waals surface area contributed by atoms with Gasteiger partial charge in [-0.1, -0.05) is 0 Å². The molecule has 0 aromatic rings. The van der Waals surface area contributed by atoms with Gasteiger partial charge in [0.05, 0.1) is 31.6 Å². The molecule has 2 unspecified atom stereocenters. The zero-order valence-electron chi connectivity index (χ0n) is 15.9. The molecule has 0 spiro atoms. The highest BCUT2D eigenvalue weighted by molar-refractivity contribution is 7.86. The van der Waals surface area contributed by atoms with Gasteiger partial charge in [-0.2, -0.15) is 33.7 Å². The van der Waals surface area contributed by atoms with Crippen LogP contribution in [0.1, 0.15) is 0 Å². The van der Waals surface area contributed by atoms with Crippen molar-refractivity contribution in [2.45, 2.75) is 30.7 Å². The Bertz CT molecular complexity index is 980. The molecule has 0 amide bonds. The first kappa shape index (κ1) is 26.6. The molecule has 0 saturated carbocycles. The lowest BCUT2D eigenvalue weighted by Gasteiger charge is -2.43. The van der Waals surface area contributed by atoms with Crippen LogP contribution in [0.5, 0.6) is 0 Å². The van der Waals surface area contributed by atoms with E-state index < -0.39 is 77.8 Å². The van der Waals surface area contributed by atoms with Crippen molar-refractivity contribution in [1.29, 1.82) is 0 Å². The second-order valence-electron chi connectivity index (χ2n) is 6.06. The molecule has 14 nitrogen and oxygen atoms in total. The first-order chi connectivity index (χ1) is 12.8. The van der Waals surface area contributed by atoms with E-state index in [4.69, 9.17) is 22.0 Å². The standard InChI is InChI=1S/C11H22O14S4/c1-20-11-10(25-29(5,18)19)9(24-28(4,16)17)8(23-27(3,14)15)7(22-11)6-21-26(2,12)13/h7-11H,6H2,1-5H3/t7?,8-,9+,10-,11?/m1/s1. The van der Waals surface area contributed by atoms with Crippen LogP contribution in [0, 0.1) is 0 Å². The predicted molar refractivity (Wildman–Crippen MR) is 95.6 cm³/mol. The van der Waals surface area contributed by atoms with Crippen molar-refractivity contribution in [2.75, 3.05) is 38.7 Å². The molecule has 5 atom stereocenters. The summed E-state index contributed by atoms with van der Waals surface area (Å²) in [5, 5.41) is 0. The number of rotatable bonds is 10. The fourth-order valence-electron chi connectivity index (χ4n) is 2.33. The van der Waals surface area contributed by atoms with Crippen LogP contribution in [-0.2, 0) is 66.7 Å². The Morgan fingerprint density at radius 1 is 0.655 bits per heavy atom. The first-order valence-electron chi connectivity index (χ1n) is 7.49. The van der Waals surface area contributed by atoms with Gasteiger partial charge in [0, 0.05) is 7.11 Å². The van der Waals surface area contributed by atoms with Crippen LogP contribution in [0.4, 0.5) is 0 Å². The minimum atomic E-state index is -4.32. The average Bonchev–Trinajstić information content (AvgIpc) is 2.44. The highest BCUT2D eigenvalue weighted by Gasteiger charge is 2.53.